The first-order valence-corrected chi connectivity index (χ1v) is 6.60. The lowest BCUT2D eigenvalue weighted by atomic mass is 10.1. The van der Waals surface area contributed by atoms with Crippen LogP contribution in [0.1, 0.15) is 44.4 Å². The van der Waals surface area contributed by atoms with E-state index in [1.165, 1.54) is 19.4 Å². The van der Waals surface area contributed by atoms with Gasteiger partial charge in [0.25, 0.3) is 0 Å². The van der Waals surface area contributed by atoms with Gasteiger partial charge >= 0.3 is 0 Å². The summed E-state index contributed by atoms with van der Waals surface area (Å²) in [5.74, 6) is 1.82. The van der Waals surface area contributed by atoms with Gasteiger partial charge in [0, 0.05) is 12.5 Å². The zero-order valence-electron chi connectivity index (χ0n) is 11.1. The topological polar surface area (TPSA) is 41.3 Å². The maximum absolute atomic E-state index is 5.79. The van der Waals surface area contributed by atoms with Gasteiger partial charge in [-0.15, -0.1) is 0 Å². The monoisotopic (exact) mass is 237 g/mol. The van der Waals surface area contributed by atoms with Crippen molar-refractivity contribution < 1.29 is 4.42 Å². The molecule has 0 amide bonds. The Balaban J connectivity index is 1.96. The third kappa shape index (κ3) is 2.87. The van der Waals surface area contributed by atoms with Crippen molar-refractivity contribution in [2.75, 3.05) is 20.1 Å². The molecule has 2 rings (SSSR count). The summed E-state index contributed by atoms with van der Waals surface area (Å²) in [4.78, 5) is 6.90. The van der Waals surface area contributed by atoms with Crippen molar-refractivity contribution in [1.82, 2.24) is 15.2 Å². The summed E-state index contributed by atoms with van der Waals surface area (Å²) in [6, 6.07) is 0.860. The Kier molecular flexibility index (Phi) is 4.18. The zero-order valence-corrected chi connectivity index (χ0v) is 11.1. The van der Waals surface area contributed by atoms with Crippen molar-refractivity contribution in [1.29, 1.82) is 0 Å². The largest absolute Gasteiger partial charge is 0.444 e. The number of aromatic nitrogens is 1. The first-order chi connectivity index (χ1) is 8.24. The molecule has 0 radical (unpaired) electrons. The quantitative estimate of drug-likeness (QED) is 0.850. The van der Waals surface area contributed by atoms with Gasteiger partial charge in [0.2, 0.25) is 0 Å². The molecule has 0 spiro atoms. The molecular formula is C13H23N3O. The van der Waals surface area contributed by atoms with Gasteiger partial charge in [-0.2, -0.15) is 0 Å². The summed E-state index contributed by atoms with van der Waals surface area (Å²) in [5, 5.41) is 3.16. The van der Waals surface area contributed by atoms with Crippen LogP contribution in [0.25, 0.3) is 0 Å². The summed E-state index contributed by atoms with van der Waals surface area (Å²) in [7, 11) is 1.93. The Morgan fingerprint density at radius 2 is 2.47 bits per heavy atom. The highest BCUT2D eigenvalue weighted by molar-refractivity contribution is 5.01. The van der Waals surface area contributed by atoms with Crippen LogP contribution < -0.4 is 5.32 Å². The molecule has 17 heavy (non-hydrogen) atoms. The molecule has 0 saturated carbocycles. The van der Waals surface area contributed by atoms with Crippen molar-refractivity contribution in [3.8, 4) is 0 Å². The Hall–Kier alpha value is -0.870. The molecule has 1 aliphatic rings. The molecule has 2 heterocycles. The molecule has 1 fully saturated rings. The second-order valence-corrected chi connectivity index (χ2v) is 4.80. The molecule has 1 saturated heterocycles. The third-order valence-corrected chi connectivity index (χ3v) is 3.75. The van der Waals surface area contributed by atoms with Crippen molar-refractivity contribution in [3.05, 3.63) is 17.8 Å². The van der Waals surface area contributed by atoms with E-state index in [9.17, 15) is 0 Å². The Morgan fingerprint density at radius 1 is 1.65 bits per heavy atom. The summed E-state index contributed by atoms with van der Waals surface area (Å²) in [5.41, 5.74) is 0. The zero-order chi connectivity index (χ0) is 12.3. The first-order valence-electron chi connectivity index (χ1n) is 6.60. The number of nitrogens with one attached hydrogen (secondary N) is 1. The number of likely N-dealkylation sites (N-methyl/N-ethyl adjacent to an activating group) is 1. The van der Waals surface area contributed by atoms with E-state index in [4.69, 9.17) is 4.42 Å². The van der Waals surface area contributed by atoms with E-state index in [0.717, 1.165) is 24.6 Å². The van der Waals surface area contributed by atoms with E-state index in [2.05, 4.69) is 29.0 Å². The van der Waals surface area contributed by atoms with E-state index in [1.807, 2.05) is 13.2 Å². The molecule has 0 bridgehead atoms. The maximum atomic E-state index is 5.79. The van der Waals surface area contributed by atoms with Gasteiger partial charge in [-0.3, -0.25) is 0 Å². The van der Waals surface area contributed by atoms with Crippen molar-refractivity contribution in [3.63, 3.8) is 0 Å². The van der Waals surface area contributed by atoms with Crippen LogP contribution >= 0.6 is 0 Å². The van der Waals surface area contributed by atoms with Gasteiger partial charge in [0.05, 0.1) is 12.2 Å². The highest BCUT2D eigenvalue weighted by Gasteiger charge is 2.25. The van der Waals surface area contributed by atoms with Crippen LogP contribution in [0, 0.1) is 0 Å². The molecule has 1 aromatic rings. The maximum Gasteiger partial charge on any atom is 0.196 e. The highest BCUT2D eigenvalue weighted by atomic mass is 16.4. The minimum absolute atomic E-state index is 0.238. The number of rotatable bonds is 5. The average Bonchev–Trinajstić information content (AvgIpc) is 2.97. The van der Waals surface area contributed by atoms with Gasteiger partial charge in [-0.25, -0.2) is 4.98 Å². The molecule has 4 nitrogen and oxygen atoms in total. The normalized spacial score (nSPS) is 23.1. The van der Waals surface area contributed by atoms with Crippen LogP contribution in [0.15, 0.2) is 10.6 Å². The van der Waals surface area contributed by atoms with Crippen LogP contribution in [0.3, 0.4) is 0 Å². The molecule has 1 aliphatic heterocycles. The fraction of sp³-hybridized carbons (Fsp3) is 0.769. The van der Waals surface area contributed by atoms with Crippen LogP contribution in [-0.2, 0) is 6.42 Å². The third-order valence-electron chi connectivity index (χ3n) is 3.75. The second-order valence-electron chi connectivity index (χ2n) is 4.80. The van der Waals surface area contributed by atoms with E-state index in [-0.39, 0.29) is 6.04 Å². The summed E-state index contributed by atoms with van der Waals surface area (Å²) < 4.78 is 5.79. The second kappa shape index (κ2) is 5.65. The molecule has 96 valence electrons. The van der Waals surface area contributed by atoms with Crippen LogP contribution in [0.4, 0.5) is 0 Å². The fourth-order valence-electron chi connectivity index (χ4n) is 2.51. The first kappa shape index (κ1) is 12.6. The number of likely N-dealkylation sites (tertiary alicyclic amines) is 1. The van der Waals surface area contributed by atoms with E-state index in [1.54, 1.807) is 0 Å². The van der Waals surface area contributed by atoms with Gasteiger partial charge < -0.3 is 14.6 Å². The standard InChI is InChI=1S/C13H23N3O/c1-4-16-7-5-6-11(16)8-13-15-9-12(17-13)10(2)14-3/h9-11,14H,4-8H2,1-3H3. The van der Waals surface area contributed by atoms with Crippen LogP contribution in [0.5, 0.6) is 0 Å². The molecule has 2 unspecified atom stereocenters. The minimum Gasteiger partial charge on any atom is -0.444 e. The van der Waals surface area contributed by atoms with Crippen molar-refractivity contribution in [2.24, 2.45) is 0 Å². The van der Waals surface area contributed by atoms with Crippen molar-refractivity contribution >= 4 is 0 Å². The molecule has 0 aromatic carbocycles. The van der Waals surface area contributed by atoms with Gasteiger partial charge in [0.15, 0.2) is 5.89 Å². The number of hydrogen-bond acceptors (Lipinski definition) is 4. The van der Waals surface area contributed by atoms with Crippen LogP contribution in [-0.4, -0.2) is 36.1 Å². The lowest BCUT2D eigenvalue weighted by Gasteiger charge is -2.21. The van der Waals surface area contributed by atoms with Gasteiger partial charge in [-0.1, -0.05) is 6.92 Å². The van der Waals surface area contributed by atoms with E-state index >= 15 is 0 Å². The highest BCUT2D eigenvalue weighted by Crippen LogP contribution is 2.21. The molecule has 4 heteroatoms. The van der Waals surface area contributed by atoms with Crippen LogP contribution in [0.2, 0.25) is 0 Å². The minimum atomic E-state index is 0.238. The fourth-order valence-corrected chi connectivity index (χ4v) is 2.51. The molecule has 1 N–H and O–H groups in total. The van der Waals surface area contributed by atoms with Gasteiger partial charge in [0.1, 0.15) is 5.76 Å². The molecular weight excluding hydrogens is 214 g/mol. The summed E-state index contributed by atoms with van der Waals surface area (Å²) in [6.45, 7) is 6.66. The predicted molar refractivity (Wildman–Crippen MR) is 68.0 cm³/mol. The molecule has 0 aliphatic carbocycles. The predicted octanol–water partition coefficient (Wildman–Crippen LogP) is 1.98. The SMILES string of the molecule is CCN1CCCC1Cc1ncc(C(C)NC)o1. The van der Waals surface area contributed by atoms with E-state index in [0.29, 0.717) is 6.04 Å². The summed E-state index contributed by atoms with van der Waals surface area (Å²) in [6.07, 6.45) is 5.37. The number of hydrogen-bond donors (Lipinski definition) is 1. The Bertz CT molecular complexity index is 350. The average molecular weight is 237 g/mol. The van der Waals surface area contributed by atoms with Crippen molar-refractivity contribution in [2.45, 2.75) is 45.2 Å². The lowest BCUT2D eigenvalue weighted by molar-refractivity contribution is 0.251. The molecule has 2 atom stereocenters. The lowest BCUT2D eigenvalue weighted by Crippen LogP contribution is -2.30. The Labute approximate surface area is 103 Å². The Morgan fingerprint density at radius 3 is 3.18 bits per heavy atom. The van der Waals surface area contributed by atoms with Gasteiger partial charge in [-0.05, 0) is 39.9 Å². The summed E-state index contributed by atoms with van der Waals surface area (Å²) >= 11 is 0. The molecule has 1 aromatic heterocycles. The number of nitrogens with zero attached hydrogens (tertiary/aromatic N) is 2. The number of oxazole rings is 1. The smallest absolute Gasteiger partial charge is 0.196 e. The van der Waals surface area contributed by atoms with E-state index < -0.39 is 0 Å².